The Morgan fingerprint density at radius 2 is 1.71 bits per heavy atom. The van der Waals surface area contributed by atoms with Gasteiger partial charge in [-0.1, -0.05) is 23.2 Å². The quantitative estimate of drug-likeness (QED) is 0.684. The Balaban J connectivity index is 2.38. The molecule has 0 atom stereocenters. The van der Waals surface area contributed by atoms with E-state index in [2.05, 4.69) is 21.2 Å². The van der Waals surface area contributed by atoms with Gasteiger partial charge in [-0.15, -0.1) is 0 Å². The highest BCUT2D eigenvalue weighted by atomic mass is 79.9. The van der Waals surface area contributed by atoms with Crippen molar-refractivity contribution in [3.8, 4) is 11.5 Å². The number of rotatable bonds is 4. The number of benzene rings is 2. The van der Waals surface area contributed by atoms with Gasteiger partial charge in [0.15, 0.2) is 17.4 Å². The Hall–Kier alpha value is -0.880. The summed E-state index contributed by atoms with van der Waals surface area (Å²) >= 11 is 15.1. The molecule has 2 nitrogen and oxygen atoms in total. The van der Waals surface area contributed by atoms with Gasteiger partial charge in [0.05, 0.1) is 10.0 Å². The third kappa shape index (κ3) is 3.86. The summed E-state index contributed by atoms with van der Waals surface area (Å²) in [6.07, 6.45) is 0. The van der Waals surface area contributed by atoms with Crippen LogP contribution in [0, 0.1) is 11.6 Å². The molecular formula is C14H10BrCl2F2NO. The molecule has 0 aliphatic carbocycles. The molecule has 7 heteroatoms. The van der Waals surface area contributed by atoms with E-state index in [1.54, 1.807) is 7.05 Å². The van der Waals surface area contributed by atoms with Gasteiger partial charge >= 0.3 is 0 Å². The highest BCUT2D eigenvalue weighted by Gasteiger charge is 2.16. The first-order chi connectivity index (χ1) is 9.92. The summed E-state index contributed by atoms with van der Waals surface area (Å²) in [6, 6.07) is 5.27. The summed E-state index contributed by atoms with van der Waals surface area (Å²) in [7, 11) is 1.68. The van der Waals surface area contributed by atoms with Crippen molar-refractivity contribution < 1.29 is 13.5 Å². The van der Waals surface area contributed by atoms with Crippen molar-refractivity contribution in [2.24, 2.45) is 0 Å². The monoisotopic (exact) mass is 395 g/mol. The first-order valence-electron chi connectivity index (χ1n) is 5.87. The number of nitrogens with one attached hydrogen (secondary N) is 1. The summed E-state index contributed by atoms with van der Waals surface area (Å²) in [5, 5.41) is 3.32. The Bertz CT molecular complexity index is 659. The first-order valence-corrected chi connectivity index (χ1v) is 7.42. The molecule has 21 heavy (non-hydrogen) atoms. The SMILES string of the molecule is CNCc1cc(F)c(Oc2cc(Cl)c(Br)cc2Cl)c(F)c1. The summed E-state index contributed by atoms with van der Waals surface area (Å²) in [5.74, 6) is -2.06. The van der Waals surface area contributed by atoms with Crippen molar-refractivity contribution in [2.45, 2.75) is 6.54 Å². The fourth-order valence-electron chi connectivity index (χ4n) is 1.71. The lowest BCUT2D eigenvalue weighted by Crippen LogP contribution is -2.06. The molecule has 0 saturated carbocycles. The Morgan fingerprint density at radius 1 is 1.10 bits per heavy atom. The minimum absolute atomic E-state index is 0.0732. The van der Waals surface area contributed by atoms with E-state index in [1.165, 1.54) is 24.3 Å². The van der Waals surface area contributed by atoms with Crippen molar-refractivity contribution >= 4 is 39.1 Å². The summed E-state index contributed by atoms with van der Waals surface area (Å²) in [4.78, 5) is 0. The van der Waals surface area contributed by atoms with Crippen LogP contribution in [0.5, 0.6) is 11.5 Å². The minimum Gasteiger partial charge on any atom is -0.450 e. The maximum Gasteiger partial charge on any atom is 0.198 e. The molecule has 0 heterocycles. The maximum atomic E-state index is 14.0. The highest BCUT2D eigenvalue weighted by molar-refractivity contribution is 9.10. The summed E-state index contributed by atoms with van der Waals surface area (Å²) in [5.41, 5.74) is 0.472. The predicted molar refractivity (Wildman–Crippen MR) is 83.4 cm³/mol. The van der Waals surface area contributed by atoms with E-state index < -0.39 is 17.4 Å². The average Bonchev–Trinajstić information content (AvgIpc) is 2.40. The molecule has 112 valence electrons. The van der Waals surface area contributed by atoms with Gasteiger partial charge in [-0.05, 0) is 46.7 Å². The van der Waals surface area contributed by atoms with Crippen LogP contribution in [0.25, 0.3) is 0 Å². The molecule has 0 saturated heterocycles. The van der Waals surface area contributed by atoms with E-state index >= 15 is 0 Å². The molecule has 0 radical (unpaired) electrons. The molecule has 2 aromatic rings. The van der Waals surface area contributed by atoms with E-state index in [1.807, 2.05) is 0 Å². The highest BCUT2D eigenvalue weighted by Crippen LogP contribution is 2.38. The van der Waals surface area contributed by atoms with Crippen LogP contribution in [0.4, 0.5) is 8.78 Å². The lowest BCUT2D eigenvalue weighted by atomic mass is 10.2. The fraction of sp³-hybridized carbons (Fsp3) is 0.143. The van der Waals surface area contributed by atoms with Crippen LogP contribution in [0.15, 0.2) is 28.7 Å². The van der Waals surface area contributed by atoms with Crippen LogP contribution in [0.2, 0.25) is 10.0 Å². The van der Waals surface area contributed by atoms with Gasteiger partial charge in [-0.3, -0.25) is 0 Å². The maximum absolute atomic E-state index is 14.0. The minimum atomic E-state index is -0.810. The van der Waals surface area contributed by atoms with Crippen molar-refractivity contribution in [3.05, 3.63) is 56.0 Å². The number of hydrogen-bond acceptors (Lipinski definition) is 2. The molecule has 1 N–H and O–H groups in total. The van der Waals surface area contributed by atoms with Gasteiger partial charge in [-0.2, -0.15) is 0 Å². The second kappa shape index (κ2) is 6.92. The summed E-state index contributed by atoms with van der Waals surface area (Å²) < 4.78 is 33.7. The van der Waals surface area contributed by atoms with Gasteiger partial charge in [0.2, 0.25) is 0 Å². The Morgan fingerprint density at radius 3 is 2.29 bits per heavy atom. The van der Waals surface area contributed by atoms with Gasteiger partial charge in [0, 0.05) is 17.1 Å². The Labute approximate surface area is 139 Å². The van der Waals surface area contributed by atoms with Crippen LogP contribution in [-0.2, 0) is 6.54 Å². The third-order valence-electron chi connectivity index (χ3n) is 2.63. The third-order valence-corrected chi connectivity index (χ3v) is 4.12. The number of halogens is 5. The standard InChI is InChI=1S/C14H10BrCl2F2NO/c1-20-6-7-2-11(18)14(12(19)3-7)21-13-5-9(16)8(15)4-10(13)17/h2-5,20H,6H2,1H3. The molecule has 2 aromatic carbocycles. The van der Waals surface area contributed by atoms with Crippen molar-refractivity contribution in [3.63, 3.8) is 0 Å². The molecule has 0 fully saturated rings. The van der Waals surface area contributed by atoms with Gasteiger partial charge in [0.1, 0.15) is 5.75 Å². The lowest BCUT2D eigenvalue weighted by Gasteiger charge is -2.12. The molecular weight excluding hydrogens is 387 g/mol. The normalized spacial score (nSPS) is 10.8. The van der Waals surface area contributed by atoms with Crippen LogP contribution < -0.4 is 10.1 Å². The first kappa shape index (κ1) is 16.5. The molecule has 0 bridgehead atoms. The van der Waals surface area contributed by atoms with Gasteiger partial charge < -0.3 is 10.1 Å². The topological polar surface area (TPSA) is 21.3 Å². The molecule has 2 rings (SSSR count). The zero-order chi connectivity index (χ0) is 15.6. The fourth-order valence-corrected chi connectivity index (χ4v) is 2.54. The molecule has 0 aliphatic heterocycles. The molecule has 0 aliphatic rings. The molecule has 0 amide bonds. The van der Waals surface area contributed by atoms with Crippen molar-refractivity contribution in [2.75, 3.05) is 7.05 Å². The van der Waals surface area contributed by atoms with E-state index in [0.29, 0.717) is 21.6 Å². The summed E-state index contributed by atoms with van der Waals surface area (Å²) in [6.45, 7) is 0.346. The number of ether oxygens (including phenoxy) is 1. The van der Waals surface area contributed by atoms with Gasteiger partial charge in [-0.25, -0.2) is 8.78 Å². The average molecular weight is 397 g/mol. The van der Waals surface area contributed by atoms with E-state index in [4.69, 9.17) is 27.9 Å². The predicted octanol–water partition coefficient (Wildman–Crippen LogP) is 5.55. The largest absolute Gasteiger partial charge is 0.450 e. The van der Waals surface area contributed by atoms with E-state index in [-0.39, 0.29) is 10.8 Å². The molecule has 0 aromatic heterocycles. The lowest BCUT2D eigenvalue weighted by molar-refractivity contribution is 0.406. The molecule has 0 spiro atoms. The second-order valence-corrected chi connectivity index (χ2v) is 5.89. The Kier molecular flexibility index (Phi) is 5.43. The molecule has 0 unspecified atom stereocenters. The van der Waals surface area contributed by atoms with Crippen molar-refractivity contribution in [1.82, 2.24) is 5.32 Å². The zero-order valence-electron chi connectivity index (χ0n) is 10.8. The van der Waals surface area contributed by atoms with Crippen LogP contribution >= 0.6 is 39.1 Å². The van der Waals surface area contributed by atoms with Gasteiger partial charge in [0.25, 0.3) is 0 Å². The van der Waals surface area contributed by atoms with Crippen LogP contribution in [-0.4, -0.2) is 7.05 Å². The second-order valence-electron chi connectivity index (χ2n) is 4.22. The smallest absolute Gasteiger partial charge is 0.198 e. The number of hydrogen-bond donors (Lipinski definition) is 1. The van der Waals surface area contributed by atoms with E-state index in [9.17, 15) is 8.78 Å². The van der Waals surface area contributed by atoms with Crippen LogP contribution in [0.3, 0.4) is 0 Å². The van der Waals surface area contributed by atoms with Crippen LogP contribution in [0.1, 0.15) is 5.56 Å². The zero-order valence-corrected chi connectivity index (χ0v) is 13.9. The van der Waals surface area contributed by atoms with Crippen molar-refractivity contribution in [1.29, 1.82) is 0 Å². The van der Waals surface area contributed by atoms with E-state index in [0.717, 1.165) is 0 Å².